The summed E-state index contributed by atoms with van der Waals surface area (Å²) in [7, 11) is 1.63. The van der Waals surface area contributed by atoms with Crippen LogP contribution in [-0.4, -0.2) is 24.4 Å². The van der Waals surface area contributed by atoms with E-state index >= 15 is 0 Å². The average Bonchev–Trinajstić information content (AvgIpc) is 3.31. The fraction of sp³-hybridized carbons (Fsp3) is 0.421. The minimum absolute atomic E-state index is 0.0777. The summed E-state index contributed by atoms with van der Waals surface area (Å²) in [6.45, 7) is 0.380. The Hall–Kier alpha value is -1.43. The van der Waals surface area contributed by atoms with E-state index in [4.69, 9.17) is 4.74 Å². The highest BCUT2D eigenvalue weighted by Gasteiger charge is 2.39. The predicted octanol–water partition coefficient (Wildman–Crippen LogP) is 3.69. The number of methoxy groups -OCH3 is 1. The van der Waals surface area contributed by atoms with Crippen molar-refractivity contribution in [2.45, 2.75) is 38.5 Å². The molecule has 5 heteroatoms. The number of carbonyl (C=O) groups excluding carboxylic acids is 1. The molecule has 1 aromatic carbocycles. The Kier molecular flexibility index (Phi) is 4.11. The molecule has 1 N–H and O–H groups in total. The van der Waals surface area contributed by atoms with Crippen molar-refractivity contribution in [3.63, 3.8) is 0 Å². The van der Waals surface area contributed by atoms with Crippen molar-refractivity contribution in [2.75, 3.05) is 12.0 Å². The van der Waals surface area contributed by atoms with Crippen molar-refractivity contribution in [3.05, 3.63) is 51.0 Å². The molecule has 24 heavy (non-hydrogen) atoms. The van der Waals surface area contributed by atoms with E-state index in [0.717, 1.165) is 33.3 Å². The summed E-state index contributed by atoms with van der Waals surface area (Å²) < 4.78 is 6.16. The van der Waals surface area contributed by atoms with Gasteiger partial charge in [0.25, 0.3) is 5.91 Å². The van der Waals surface area contributed by atoms with Crippen LogP contribution in [0.1, 0.15) is 31.2 Å². The second-order valence-electron chi connectivity index (χ2n) is 6.70. The van der Waals surface area contributed by atoms with Crippen LogP contribution in [-0.2, 0) is 16.1 Å². The highest BCUT2D eigenvalue weighted by molar-refractivity contribution is 9.10. The highest BCUT2D eigenvalue weighted by atomic mass is 79.9. The largest absolute Gasteiger partial charge is 0.380 e. The van der Waals surface area contributed by atoms with Crippen molar-refractivity contribution < 1.29 is 14.6 Å². The number of nitrogens with zero attached hydrogens (tertiary/aromatic N) is 1. The van der Waals surface area contributed by atoms with Crippen LogP contribution in [0.4, 0.5) is 5.69 Å². The van der Waals surface area contributed by atoms with E-state index in [1.807, 2.05) is 18.2 Å². The third-order valence-corrected chi connectivity index (χ3v) is 5.79. The second-order valence-corrected chi connectivity index (χ2v) is 7.56. The number of hydrogen-bond donors (Lipinski definition) is 1. The molecule has 0 radical (unpaired) electrons. The van der Waals surface area contributed by atoms with Gasteiger partial charge in [-0.3, -0.25) is 9.69 Å². The number of halogens is 1. The third-order valence-electron chi connectivity index (χ3n) is 5.05. The lowest BCUT2D eigenvalue weighted by Gasteiger charge is -2.34. The zero-order chi connectivity index (χ0) is 16.8. The van der Waals surface area contributed by atoms with Crippen molar-refractivity contribution in [2.24, 2.45) is 5.92 Å². The topological polar surface area (TPSA) is 49.8 Å². The molecular weight excluding hydrogens is 370 g/mol. The van der Waals surface area contributed by atoms with Crippen LogP contribution in [0.15, 0.2) is 45.5 Å². The van der Waals surface area contributed by atoms with E-state index in [9.17, 15) is 9.90 Å². The number of carbonyl (C=O) groups is 1. The Balaban J connectivity index is 1.69. The van der Waals surface area contributed by atoms with Gasteiger partial charge in [0.1, 0.15) is 6.23 Å². The lowest BCUT2D eigenvalue weighted by molar-refractivity contribution is -0.117. The second kappa shape index (κ2) is 6.14. The van der Waals surface area contributed by atoms with Crippen molar-refractivity contribution >= 4 is 27.5 Å². The first-order valence-electron chi connectivity index (χ1n) is 8.30. The van der Waals surface area contributed by atoms with Gasteiger partial charge >= 0.3 is 0 Å². The normalized spacial score (nSPS) is 23.6. The Labute approximate surface area is 149 Å². The highest BCUT2D eigenvalue weighted by Crippen LogP contribution is 2.46. The Morgan fingerprint density at radius 3 is 2.88 bits per heavy atom. The summed E-state index contributed by atoms with van der Waals surface area (Å²) in [5.74, 6) is 0.579. The fourth-order valence-corrected chi connectivity index (χ4v) is 4.16. The maximum Gasteiger partial charge on any atom is 0.256 e. The first kappa shape index (κ1) is 16.1. The molecule has 3 aliphatic rings. The molecule has 0 saturated heterocycles. The van der Waals surface area contributed by atoms with Crippen molar-refractivity contribution in [3.8, 4) is 0 Å². The number of aliphatic hydroxyl groups is 1. The van der Waals surface area contributed by atoms with Crippen LogP contribution >= 0.6 is 15.9 Å². The number of benzene rings is 1. The minimum Gasteiger partial charge on any atom is -0.380 e. The third kappa shape index (κ3) is 2.65. The van der Waals surface area contributed by atoms with Gasteiger partial charge in [0.05, 0.1) is 12.3 Å². The summed E-state index contributed by atoms with van der Waals surface area (Å²) in [6.07, 6.45) is 5.03. The smallest absolute Gasteiger partial charge is 0.256 e. The van der Waals surface area contributed by atoms with Crippen LogP contribution in [0.2, 0.25) is 0 Å². The SMILES string of the molecule is COCc1c(Br)cccc1N1C(=O)C2=C(C=C(C3CC3)C2)CC1O. The molecule has 4 nitrogen and oxygen atoms in total. The van der Waals surface area contributed by atoms with E-state index in [2.05, 4.69) is 22.0 Å². The number of anilines is 1. The van der Waals surface area contributed by atoms with Gasteiger partial charge in [-0.05, 0) is 42.9 Å². The summed E-state index contributed by atoms with van der Waals surface area (Å²) in [5.41, 5.74) is 4.84. The lowest BCUT2D eigenvalue weighted by Crippen LogP contribution is -2.45. The molecule has 1 atom stereocenters. The molecule has 0 aromatic heterocycles. The van der Waals surface area contributed by atoms with E-state index in [1.54, 1.807) is 7.11 Å². The molecule has 2 aliphatic carbocycles. The molecule has 1 unspecified atom stereocenters. The molecule has 1 aliphatic heterocycles. The Morgan fingerprint density at radius 2 is 2.17 bits per heavy atom. The maximum absolute atomic E-state index is 13.1. The van der Waals surface area contributed by atoms with Crippen LogP contribution in [0.3, 0.4) is 0 Å². The number of aliphatic hydroxyl groups excluding tert-OH is 1. The molecule has 0 bridgehead atoms. The predicted molar refractivity (Wildman–Crippen MR) is 95.4 cm³/mol. The number of ether oxygens (including phenoxy) is 1. The van der Waals surface area contributed by atoms with Gasteiger partial charge in [-0.2, -0.15) is 0 Å². The van der Waals surface area contributed by atoms with Crippen LogP contribution in [0, 0.1) is 5.92 Å². The summed E-state index contributed by atoms with van der Waals surface area (Å²) in [4.78, 5) is 14.6. The maximum atomic E-state index is 13.1. The van der Waals surface area contributed by atoms with Gasteiger partial charge in [0, 0.05) is 29.1 Å². The summed E-state index contributed by atoms with van der Waals surface area (Å²) in [6, 6.07) is 5.67. The zero-order valence-electron chi connectivity index (χ0n) is 13.6. The molecule has 1 heterocycles. The van der Waals surface area contributed by atoms with Gasteiger partial charge in [0.15, 0.2) is 0 Å². The molecule has 4 rings (SSSR count). The molecule has 1 aromatic rings. The average molecular weight is 390 g/mol. The number of rotatable bonds is 4. The van der Waals surface area contributed by atoms with Crippen LogP contribution in [0.5, 0.6) is 0 Å². The lowest BCUT2D eigenvalue weighted by atomic mass is 9.98. The Morgan fingerprint density at radius 1 is 1.38 bits per heavy atom. The van der Waals surface area contributed by atoms with Gasteiger partial charge in [-0.15, -0.1) is 0 Å². The Bertz CT molecular complexity index is 764. The first-order chi connectivity index (χ1) is 11.6. The monoisotopic (exact) mass is 389 g/mol. The first-order valence-corrected chi connectivity index (χ1v) is 9.10. The van der Waals surface area contributed by atoms with E-state index in [0.29, 0.717) is 18.9 Å². The number of allylic oxidation sites excluding steroid dienone is 2. The van der Waals surface area contributed by atoms with Gasteiger partial charge in [-0.25, -0.2) is 0 Å². The molecule has 0 spiro atoms. The van der Waals surface area contributed by atoms with Gasteiger partial charge < -0.3 is 9.84 Å². The molecule has 126 valence electrons. The van der Waals surface area contributed by atoms with Gasteiger partial charge in [-0.1, -0.05) is 33.6 Å². The van der Waals surface area contributed by atoms with Crippen molar-refractivity contribution in [1.29, 1.82) is 0 Å². The standard InChI is InChI=1S/C19H20BrNO3/c1-24-10-15-16(20)3-2-4-17(15)21-18(22)9-13-7-12(11-5-6-11)8-14(13)19(21)23/h2-4,7,11,18,22H,5-6,8-10H2,1H3. The molecule has 1 fully saturated rings. The van der Waals surface area contributed by atoms with Crippen molar-refractivity contribution in [1.82, 2.24) is 0 Å². The van der Waals surface area contributed by atoms with E-state index in [-0.39, 0.29) is 5.91 Å². The minimum atomic E-state index is -0.837. The quantitative estimate of drug-likeness (QED) is 0.853. The van der Waals surface area contributed by atoms with Gasteiger partial charge in [0.2, 0.25) is 0 Å². The molecule has 1 saturated carbocycles. The summed E-state index contributed by atoms with van der Waals surface area (Å²) in [5, 5.41) is 10.6. The van der Waals surface area contributed by atoms with Crippen LogP contribution in [0.25, 0.3) is 0 Å². The van der Waals surface area contributed by atoms with Crippen LogP contribution < -0.4 is 4.90 Å². The van der Waals surface area contributed by atoms with E-state index in [1.165, 1.54) is 23.3 Å². The zero-order valence-corrected chi connectivity index (χ0v) is 15.2. The number of hydrogen-bond acceptors (Lipinski definition) is 3. The fourth-order valence-electron chi connectivity index (χ4n) is 3.69. The number of amides is 1. The molecule has 1 amide bonds. The molecular formula is C19H20BrNO3. The summed E-state index contributed by atoms with van der Waals surface area (Å²) >= 11 is 3.53. The van der Waals surface area contributed by atoms with E-state index < -0.39 is 6.23 Å².